The summed E-state index contributed by atoms with van der Waals surface area (Å²) in [5, 5.41) is 6.60. The summed E-state index contributed by atoms with van der Waals surface area (Å²) in [5.74, 6) is -1.01. The van der Waals surface area contributed by atoms with Crippen LogP contribution in [0.5, 0.6) is 0 Å². The first-order chi connectivity index (χ1) is 11.9. The van der Waals surface area contributed by atoms with E-state index in [1.807, 2.05) is 19.1 Å². The van der Waals surface area contributed by atoms with Crippen molar-refractivity contribution in [2.45, 2.75) is 25.8 Å². The van der Waals surface area contributed by atoms with Crippen LogP contribution in [0.25, 0.3) is 0 Å². The third kappa shape index (κ3) is 4.53. The Labute approximate surface area is 156 Å². The summed E-state index contributed by atoms with van der Waals surface area (Å²) < 4.78 is 0. The van der Waals surface area contributed by atoms with Crippen LogP contribution in [0.1, 0.15) is 30.0 Å². The Morgan fingerprint density at radius 3 is 2.28 bits per heavy atom. The lowest BCUT2D eigenvalue weighted by atomic mass is 10.0. The summed E-state index contributed by atoms with van der Waals surface area (Å²) in [4.78, 5) is 24.6. The molecule has 130 valence electrons. The van der Waals surface area contributed by atoms with E-state index in [1.54, 1.807) is 30.3 Å². The molecule has 1 atom stereocenters. The predicted molar refractivity (Wildman–Crippen MR) is 99.9 cm³/mol. The number of carbonyl (C=O) groups is 2. The lowest BCUT2D eigenvalue weighted by Crippen LogP contribution is -2.38. The molecule has 2 aromatic carbocycles. The summed E-state index contributed by atoms with van der Waals surface area (Å²) in [6, 6.07) is 12.3. The van der Waals surface area contributed by atoms with Gasteiger partial charge in [-0.1, -0.05) is 41.4 Å². The van der Waals surface area contributed by atoms with Crippen molar-refractivity contribution in [2.24, 2.45) is 5.92 Å². The van der Waals surface area contributed by atoms with Gasteiger partial charge < -0.3 is 10.6 Å². The van der Waals surface area contributed by atoms with Crippen LogP contribution in [0.2, 0.25) is 10.0 Å². The van der Waals surface area contributed by atoms with Crippen LogP contribution in [-0.4, -0.2) is 11.8 Å². The highest BCUT2D eigenvalue weighted by Gasteiger charge is 2.34. The van der Waals surface area contributed by atoms with Gasteiger partial charge in [-0.05, 0) is 61.1 Å². The average molecular weight is 377 g/mol. The lowest BCUT2D eigenvalue weighted by Gasteiger charge is -2.19. The number of hydrogen-bond donors (Lipinski definition) is 2. The van der Waals surface area contributed by atoms with Gasteiger partial charge in [-0.3, -0.25) is 9.59 Å². The van der Waals surface area contributed by atoms with E-state index >= 15 is 0 Å². The van der Waals surface area contributed by atoms with Gasteiger partial charge in [0.25, 0.3) is 0 Å². The van der Waals surface area contributed by atoms with E-state index in [4.69, 9.17) is 23.2 Å². The fourth-order valence-corrected chi connectivity index (χ4v) is 2.99. The molecular formula is C19H18Cl2N2O2. The maximum atomic E-state index is 12.3. The van der Waals surface area contributed by atoms with Crippen LogP contribution in [-0.2, 0) is 9.59 Å². The van der Waals surface area contributed by atoms with Gasteiger partial charge in [-0.2, -0.15) is 0 Å². The molecule has 25 heavy (non-hydrogen) atoms. The van der Waals surface area contributed by atoms with Crippen molar-refractivity contribution in [3.05, 3.63) is 63.6 Å². The van der Waals surface area contributed by atoms with Crippen molar-refractivity contribution < 1.29 is 9.59 Å². The zero-order valence-corrected chi connectivity index (χ0v) is 15.2. The summed E-state index contributed by atoms with van der Waals surface area (Å²) in [6.07, 6.45) is 2.06. The highest BCUT2D eigenvalue weighted by molar-refractivity contribution is 6.40. The molecule has 1 aliphatic rings. The number of nitrogens with one attached hydrogen (secondary N) is 2. The molecule has 2 amide bonds. The number of carbonyl (C=O) groups excluding carboxylic acids is 2. The molecule has 1 fully saturated rings. The standard InChI is InChI=1S/C19H18Cl2N2O2/c1-11-2-7-15(21)10-16(11)22-18(24)19(25)23-17(12-3-4-12)13-5-8-14(20)9-6-13/h2,5-10,12,17H,3-4H2,1H3,(H,22,24)(H,23,25). The second-order valence-corrected chi connectivity index (χ2v) is 7.13. The van der Waals surface area contributed by atoms with Gasteiger partial charge in [-0.15, -0.1) is 0 Å². The molecule has 0 aliphatic heterocycles. The van der Waals surface area contributed by atoms with Crippen molar-refractivity contribution in [1.82, 2.24) is 5.32 Å². The van der Waals surface area contributed by atoms with E-state index in [0.29, 0.717) is 21.7 Å². The monoisotopic (exact) mass is 376 g/mol. The number of amides is 2. The minimum atomic E-state index is -0.704. The molecule has 4 nitrogen and oxygen atoms in total. The fourth-order valence-electron chi connectivity index (χ4n) is 2.69. The molecule has 2 aromatic rings. The SMILES string of the molecule is Cc1ccc(Cl)cc1NC(=O)C(=O)NC(c1ccc(Cl)cc1)C1CC1. The quantitative estimate of drug-likeness (QED) is 0.771. The van der Waals surface area contributed by atoms with Crippen molar-refractivity contribution in [3.8, 4) is 0 Å². The normalized spacial score (nSPS) is 14.7. The number of anilines is 1. The molecule has 0 heterocycles. The zero-order chi connectivity index (χ0) is 18.0. The topological polar surface area (TPSA) is 58.2 Å². The second kappa shape index (κ2) is 7.46. The van der Waals surface area contributed by atoms with Crippen molar-refractivity contribution in [1.29, 1.82) is 0 Å². The number of aryl methyl sites for hydroxylation is 1. The lowest BCUT2D eigenvalue weighted by molar-refractivity contribution is -0.136. The van der Waals surface area contributed by atoms with Crippen LogP contribution >= 0.6 is 23.2 Å². The average Bonchev–Trinajstić information content (AvgIpc) is 3.41. The summed E-state index contributed by atoms with van der Waals surface area (Å²) in [5.41, 5.74) is 2.32. The van der Waals surface area contributed by atoms with Crippen LogP contribution in [0.3, 0.4) is 0 Å². The fraction of sp³-hybridized carbons (Fsp3) is 0.263. The second-order valence-electron chi connectivity index (χ2n) is 6.25. The number of hydrogen-bond acceptors (Lipinski definition) is 2. The molecule has 6 heteroatoms. The van der Waals surface area contributed by atoms with Gasteiger partial charge in [0.05, 0.1) is 6.04 Å². The third-order valence-electron chi connectivity index (χ3n) is 4.26. The van der Waals surface area contributed by atoms with Gasteiger partial charge >= 0.3 is 11.8 Å². The van der Waals surface area contributed by atoms with E-state index < -0.39 is 11.8 Å². The Morgan fingerprint density at radius 1 is 1.00 bits per heavy atom. The van der Waals surface area contributed by atoms with E-state index in [1.165, 1.54) is 0 Å². The predicted octanol–water partition coefficient (Wildman–Crippen LogP) is 4.51. The first kappa shape index (κ1) is 17.8. The molecular weight excluding hydrogens is 359 g/mol. The Bertz CT molecular complexity index is 802. The molecule has 1 unspecified atom stereocenters. The van der Waals surface area contributed by atoms with Gasteiger partial charge in [0.2, 0.25) is 0 Å². The summed E-state index contributed by atoms with van der Waals surface area (Å²) in [6.45, 7) is 1.84. The molecule has 0 saturated heterocycles. The van der Waals surface area contributed by atoms with Crippen LogP contribution in [0.15, 0.2) is 42.5 Å². The van der Waals surface area contributed by atoms with E-state index in [9.17, 15) is 9.59 Å². The van der Waals surface area contributed by atoms with Crippen molar-refractivity contribution in [3.63, 3.8) is 0 Å². The summed E-state index contributed by atoms with van der Waals surface area (Å²) in [7, 11) is 0. The third-order valence-corrected chi connectivity index (χ3v) is 4.75. The maximum absolute atomic E-state index is 12.3. The van der Waals surface area contributed by atoms with Crippen LogP contribution in [0.4, 0.5) is 5.69 Å². The Kier molecular flexibility index (Phi) is 5.30. The van der Waals surface area contributed by atoms with Gasteiger partial charge in [0.1, 0.15) is 0 Å². The Balaban J connectivity index is 1.70. The molecule has 0 aromatic heterocycles. The molecule has 1 aliphatic carbocycles. The van der Waals surface area contributed by atoms with E-state index in [0.717, 1.165) is 24.0 Å². The molecule has 1 saturated carbocycles. The molecule has 0 radical (unpaired) electrons. The molecule has 0 spiro atoms. The van der Waals surface area contributed by atoms with Crippen molar-refractivity contribution >= 4 is 40.7 Å². The minimum Gasteiger partial charge on any atom is -0.341 e. The van der Waals surface area contributed by atoms with Crippen LogP contribution in [0, 0.1) is 12.8 Å². The van der Waals surface area contributed by atoms with Gasteiger partial charge in [-0.25, -0.2) is 0 Å². The molecule has 0 bridgehead atoms. The van der Waals surface area contributed by atoms with Gasteiger partial charge in [0.15, 0.2) is 0 Å². The Hall–Kier alpha value is -2.04. The number of halogens is 2. The number of rotatable bonds is 4. The van der Waals surface area contributed by atoms with E-state index in [-0.39, 0.29) is 6.04 Å². The molecule has 2 N–H and O–H groups in total. The smallest absolute Gasteiger partial charge is 0.313 e. The van der Waals surface area contributed by atoms with Crippen LogP contribution < -0.4 is 10.6 Å². The first-order valence-corrected chi connectivity index (χ1v) is 8.83. The highest BCUT2D eigenvalue weighted by Crippen LogP contribution is 2.41. The summed E-state index contributed by atoms with van der Waals surface area (Å²) >= 11 is 11.9. The largest absolute Gasteiger partial charge is 0.341 e. The zero-order valence-electron chi connectivity index (χ0n) is 13.7. The minimum absolute atomic E-state index is 0.184. The van der Waals surface area contributed by atoms with Gasteiger partial charge in [0, 0.05) is 15.7 Å². The molecule has 3 rings (SSSR count). The van der Waals surface area contributed by atoms with Crippen molar-refractivity contribution in [2.75, 3.05) is 5.32 Å². The first-order valence-electron chi connectivity index (χ1n) is 8.07. The van der Waals surface area contributed by atoms with E-state index in [2.05, 4.69) is 10.6 Å². The maximum Gasteiger partial charge on any atom is 0.313 e. The Morgan fingerprint density at radius 2 is 1.64 bits per heavy atom. The highest BCUT2D eigenvalue weighted by atomic mass is 35.5. The number of benzene rings is 2.